The molecule has 1 atom stereocenters. The lowest BCUT2D eigenvalue weighted by molar-refractivity contribution is 0.0397. The van der Waals surface area contributed by atoms with Gasteiger partial charge >= 0.3 is 5.56 Å². The van der Waals surface area contributed by atoms with Crippen molar-refractivity contribution >= 4 is 0 Å². The number of ether oxygens (including phenoxy) is 1. The number of hydrogen-bond donors (Lipinski definition) is 1. The summed E-state index contributed by atoms with van der Waals surface area (Å²) < 4.78 is 7.47. The number of piperidine rings is 1. The van der Waals surface area contributed by atoms with Crippen molar-refractivity contribution in [3.8, 4) is 5.88 Å². The van der Waals surface area contributed by atoms with E-state index in [2.05, 4.69) is 24.1 Å². The second-order valence-corrected chi connectivity index (χ2v) is 5.38. The fourth-order valence-electron chi connectivity index (χ4n) is 2.26. The van der Waals surface area contributed by atoms with Gasteiger partial charge in [-0.15, -0.1) is 0 Å². The molecule has 0 aromatic carbocycles. The van der Waals surface area contributed by atoms with Crippen LogP contribution in [0.2, 0.25) is 0 Å². The predicted octanol–water partition coefficient (Wildman–Crippen LogP) is 1.03. The van der Waals surface area contributed by atoms with Crippen molar-refractivity contribution < 1.29 is 4.74 Å². The van der Waals surface area contributed by atoms with Gasteiger partial charge in [0, 0.05) is 30.9 Å². The summed E-state index contributed by atoms with van der Waals surface area (Å²) in [5.74, 6) is 0.222. The molecule has 1 aromatic heterocycles. The van der Waals surface area contributed by atoms with Crippen LogP contribution in [0.5, 0.6) is 5.88 Å². The topological polar surface area (TPSA) is 56.1 Å². The third kappa shape index (κ3) is 2.56. The van der Waals surface area contributed by atoms with E-state index >= 15 is 0 Å². The highest BCUT2D eigenvalue weighted by atomic mass is 16.5. The molecule has 0 bridgehead atoms. The Kier molecular flexibility index (Phi) is 3.71. The monoisotopic (exact) mass is 251 g/mol. The molecule has 1 unspecified atom stereocenters. The highest BCUT2D eigenvalue weighted by Crippen LogP contribution is 2.27. The van der Waals surface area contributed by atoms with E-state index in [1.807, 2.05) is 6.92 Å². The van der Waals surface area contributed by atoms with Gasteiger partial charge in [-0.2, -0.15) is 0 Å². The molecule has 18 heavy (non-hydrogen) atoms. The summed E-state index contributed by atoms with van der Waals surface area (Å²) in [6.07, 6.45) is 4.23. The zero-order valence-corrected chi connectivity index (χ0v) is 11.3. The van der Waals surface area contributed by atoms with E-state index in [0.29, 0.717) is 6.54 Å². The second-order valence-electron chi connectivity index (χ2n) is 5.38. The largest absolute Gasteiger partial charge is 0.470 e. The third-order valence-corrected chi connectivity index (χ3v) is 3.51. The lowest BCUT2D eigenvalue weighted by Gasteiger charge is -2.38. The first-order chi connectivity index (χ1) is 8.54. The summed E-state index contributed by atoms with van der Waals surface area (Å²) in [7, 11) is 0. The van der Waals surface area contributed by atoms with Gasteiger partial charge in [-0.05, 0) is 19.9 Å². The molecule has 5 heteroatoms. The zero-order chi connectivity index (χ0) is 13.2. The lowest BCUT2D eigenvalue weighted by atomic mass is 9.82. The van der Waals surface area contributed by atoms with E-state index in [0.717, 1.165) is 19.5 Å². The quantitative estimate of drug-likeness (QED) is 0.871. The number of aromatic nitrogens is 2. The van der Waals surface area contributed by atoms with Crippen molar-refractivity contribution in [2.75, 3.05) is 13.1 Å². The summed E-state index contributed by atoms with van der Waals surface area (Å²) in [5, 5.41) is 3.34. The zero-order valence-electron chi connectivity index (χ0n) is 11.3. The smallest absolute Gasteiger partial charge is 0.313 e. The Morgan fingerprint density at radius 2 is 2.39 bits per heavy atom. The van der Waals surface area contributed by atoms with Gasteiger partial charge in [-0.1, -0.05) is 13.8 Å². The SMILES string of the molecule is CCn1ccnc(OC2CCNCC2(C)C)c1=O. The first-order valence-corrected chi connectivity index (χ1v) is 6.47. The number of nitrogens with one attached hydrogen (secondary N) is 1. The normalized spacial score (nSPS) is 22.7. The summed E-state index contributed by atoms with van der Waals surface area (Å²) in [6.45, 7) is 8.67. The van der Waals surface area contributed by atoms with Crippen LogP contribution in [0.1, 0.15) is 27.2 Å². The van der Waals surface area contributed by atoms with Crippen molar-refractivity contribution in [1.82, 2.24) is 14.9 Å². The van der Waals surface area contributed by atoms with Crippen molar-refractivity contribution in [2.45, 2.75) is 39.8 Å². The van der Waals surface area contributed by atoms with E-state index in [1.165, 1.54) is 0 Å². The molecular weight excluding hydrogens is 230 g/mol. The molecule has 1 fully saturated rings. The molecule has 1 aliphatic rings. The van der Waals surface area contributed by atoms with Crippen LogP contribution in [0.15, 0.2) is 17.2 Å². The maximum absolute atomic E-state index is 12.0. The van der Waals surface area contributed by atoms with E-state index < -0.39 is 0 Å². The first kappa shape index (κ1) is 13.1. The van der Waals surface area contributed by atoms with E-state index in [9.17, 15) is 4.79 Å². The molecule has 5 nitrogen and oxygen atoms in total. The molecule has 1 aromatic rings. The maximum Gasteiger partial charge on any atom is 0.313 e. The molecule has 0 radical (unpaired) electrons. The summed E-state index contributed by atoms with van der Waals surface area (Å²) in [5.41, 5.74) is -0.131. The Hall–Kier alpha value is -1.36. The summed E-state index contributed by atoms with van der Waals surface area (Å²) in [4.78, 5) is 16.1. The van der Waals surface area contributed by atoms with E-state index in [4.69, 9.17) is 4.74 Å². The molecule has 100 valence electrons. The minimum atomic E-state index is -0.144. The average molecular weight is 251 g/mol. The van der Waals surface area contributed by atoms with Crippen LogP contribution in [0.3, 0.4) is 0 Å². The lowest BCUT2D eigenvalue weighted by Crippen LogP contribution is -2.49. The molecule has 2 rings (SSSR count). The fraction of sp³-hybridized carbons (Fsp3) is 0.692. The number of nitrogens with zero attached hydrogens (tertiary/aromatic N) is 2. The van der Waals surface area contributed by atoms with Crippen LogP contribution in [-0.4, -0.2) is 28.7 Å². The van der Waals surface area contributed by atoms with Crippen LogP contribution in [0.4, 0.5) is 0 Å². The highest BCUT2D eigenvalue weighted by molar-refractivity contribution is 5.06. The third-order valence-electron chi connectivity index (χ3n) is 3.51. The van der Waals surface area contributed by atoms with Crippen LogP contribution in [0.25, 0.3) is 0 Å². The second kappa shape index (κ2) is 5.10. The van der Waals surface area contributed by atoms with Crippen LogP contribution >= 0.6 is 0 Å². The van der Waals surface area contributed by atoms with Gasteiger partial charge in [0.2, 0.25) is 0 Å². The Morgan fingerprint density at radius 1 is 1.61 bits per heavy atom. The molecule has 1 N–H and O–H groups in total. The van der Waals surface area contributed by atoms with Gasteiger partial charge in [0.15, 0.2) is 0 Å². The maximum atomic E-state index is 12.0. The van der Waals surface area contributed by atoms with Crippen LogP contribution in [0, 0.1) is 5.41 Å². The number of hydrogen-bond acceptors (Lipinski definition) is 4. The van der Waals surface area contributed by atoms with Crippen molar-refractivity contribution in [2.24, 2.45) is 5.41 Å². The number of aryl methyl sites for hydroxylation is 1. The molecule has 0 aliphatic carbocycles. The Balaban J connectivity index is 2.21. The van der Waals surface area contributed by atoms with Crippen LogP contribution < -0.4 is 15.6 Å². The minimum absolute atomic E-state index is 0.0132. The molecule has 1 aliphatic heterocycles. The summed E-state index contributed by atoms with van der Waals surface area (Å²) in [6, 6.07) is 0. The molecular formula is C13H21N3O2. The first-order valence-electron chi connectivity index (χ1n) is 6.47. The van der Waals surface area contributed by atoms with E-state index in [1.54, 1.807) is 17.0 Å². The van der Waals surface area contributed by atoms with Gasteiger partial charge in [-0.3, -0.25) is 4.79 Å². The molecule has 1 saturated heterocycles. The van der Waals surface area contributed by atoms with Gasteiger partial charge in [0.1, 0.15) is 6.10 Å². The Labute approximate surface area is 107 Å². The van der Waals surface area contributed by atoms with Crippen molar-refractivity contribution in [1.29, 1.82) is 0 Å². The van der Waals surface area contributed by atoms with Crippen LogP contribution in [-0.2, 0) is 6.54 Å². The standard InChI is InChI=1S/C13H21N3O2/c1-4-16-8-7-15-11(12(16)17)18-10-5-6-14-9-13(10,2)3/h7-8,10,14H,4-6,9H2,1-3H3. The minimum Gasteiger partial charge on any atom is -0.470 e. The van der Waals surface area contributed by atoms with Gasteiger partial charge in [0.25, 0.3) is 5.88 Å². The Morgan fingerprint density at radius 3 is 3.06 bits per heavy atom. The Bertz CT molecular complexity index is 468. The average Bonchev–Trinajstić information content (AvgIpc) is 2.34. The van der Waals surface area contributed by atoms with Gasteiger partial charge in [-0.25, -0.2) is 4.98 Å². The fourth-order valence-corrected chi connectivity index (χ4v) is 2.26. The molecule has 0 spiro atoms. The van der Waals surface area contributed by atoms with Gasteiger partial charge in [0.05, 0.1) is 0 Å². The van der Waals surface area contributed by atoms with Crippen molar-refractivity contribution in [3.63, 3.8) is 0 Å². The highest BCUT2D eigenvalue weighted by Gasteiger charge is 2.34. The van der Waals surface area contributed by atoms with Crippen molar-refractivity contribution in [3.05, 3.63) is 22.7 Å². The molecule has 2 heterocycles. The number of rotatable bonds is 3. The predicted molar refractivity (Wildman–Crippen MR) is 69.9 cm³/mol. The summed E-state index contributed by atoms with van der Waals surface area (Å²) >= 11 is 0. The molecule has 0 saturated carbocycles. The van der Waals surface area contributed by atoms with Gasteiger partial charge < -0.3 is 14.6 Å². The van der Waals surface area contributed by atoms with E-state index in [-0.39, 0.29) is 23.0 Å². The molecule has 0 amide bonds.